The Morgan fingerprint density at radius 2 is 1.93 bits per heavy atom. The number of nitrogens with two attached hydrogens (primary N) is 1. The maximum Gasteiger partial charge on any atom is 0.222 e. The van der Waals surface area contributed by atoms with Gasteiger partial charge in [0.15, 0.2) is 0 Å². The first-order valence-corrected chi connectivity index (χ1v) is 9.43. The van der Waals surface area contributed by atoms with Crippen LogP contribution in [0.25, 0.3) is 11.3 Å². The number of halogens is 1. The molecule has 0 aliphatic carbocycles. The van der Waals surface area contributed by atoms with Crippen LogP contribution >= 0.6 is 15.9 Å². The number of nitrogens with one attached hydrogen (secondary N) is 1. The molecule has 0 saturated heterocycles. The number of nitrogens with zero attached hydrogens (tertiary/aromatic N) is 3. The van der Waals surface area contributed by atoms with Crippen LogP contribution in [0, 0.1) is 0 Å². The van der Waals surface area contributed by atoms with Crippen molar-refractivity contribution in [1.29, 1.82) is 0 Å². The summed E-state index contributed by atoms with van der Waals surface area (Å²) in [5.41, 5.74) is 9.59. The Morgan fingerprint density at radius 3 is 2.61 bits per heavy atom. The maximum absolute atomic E-state index is 8.87. The standard InChI is InChI=1S/C20H20BrN5O2/c1-3-28-18-9-6-14(21)10-16(18)17-11-19(25-20(22)24-17)23-15-7-4-13(5-8-15)12(2)26-27/h4-11,27H,3H2,1-2H3,(H3,22,23,24,25). The highest BCUT2D eigenvalue weighted by Gasteiger charge is 2.12. The number of hydrogen-bond acceptors (Lipinski definition) is 7. The smallest absolute Gasteiger partial charge is 0.222 e. The van der Waals surface area contributed by atoms with Crippen LogP contribution in [-0.4, -0.2) is 27.5 Å². The lowest BCUT2D eigenvalue weighted by molar-refractivity contribution is 0.319. The van der Waals surface area contributed by atoms with Crippen LogP contribution in [0.2, 0.25) is 0 Å². The van der Waals surface area contributed by atoms with Crippen molar-refractivity contribution in [2.75, 3.05) is 17.7 Å². The minimum atomic E-state index is 0.155. The molecule has 1 aromatic heterocycles. The molecule has 1 heterocycles. The molecule has 0 unspecified atom stereocenters. The Morgan fingerprint density at radius 1 is 1.18 bits per heavy atom. The molecular formula is C20H20BrN5O2. The van der Waals surface area contributed by atoms with E-state index in [1.165, 1.54) is 0 Å². The number of rotatable bonds is 6. The van der Waals surface area contributed by atoms with Crippen molar-refractivity contribution in [1.82, 2.24) is 9.97 Å². The van der Waals surface area contributed by atoms with Crippen molar-refractivity contribution < 1.29 is 9.94 Å². The van der Waals surface area contributed by atoms with Crippen molar-refractivity contribution >= 4 is 39.1 Å². The molecule has 0 aliphatic rings. The second kappa shape index (κ2) is 8.71. The van der Waals surface area contributed by atoms with Crippen LogP contribution in [0.3, 0.4) is 0 Å². The van der Waals surface area contributed by atoms with Crippen molar-refractivity contribution in [3.63, 3.8) is 0 Å². The van der Waals surface area contributed by atoms with Gasteiger partial charge in [0.25, 0.3) is 0 Å². The Kier molecular flexibility index (Phi) is 6.10. The molecule has 0 fully saturated rings. The van der Waals surface area contributed by atoms with E-state index in [-0.39, 0.29) is 5.95 Å². The third kappa shape index (κ3) is 4.58. The zero-order valence-corrected chi connectivity index (χ0v) is 17.1. The van der Waals surface area contributed by atoms with Crippen LogP contribution in [0.5, 0.6) is 5.75 Å². The molecule has 0 radical (unpaired) electrons. The lowest BCUT2D eigenvalue weighted by atomic mass is 10.1. The van der Waals surface area contributed by atoms with Crippen LogP contribution < -0.4 is 15.8 Å². The van der Waals surface area contributed by atoms with E-state index >= 15 is 0 Å². The predicted molar refractivity (Wildman–Crippen MR) is 114 cm³/mol. The van der Waals surface area contributed by atoms with Crippen LogP contribution in [0.15, 0.2) is 58.2 Å². The van der Waals surface area contributed by atoms with E-state index in [9.17, 15) is 0 Å². The van der Waals surface area contributed by atoms with Gasteiger partial charge < -0.3 is 21.0 Å². The summed E-state index contributed by atoms with van der Waals surface area (Å²) in [6, 6.07) is 15.0. The SMILES string of the molecule is CCOc1ccc(Br)cc1-c1cc(Nc2ccc(C(C)=NO)cc2)nc(N)n1. The van der Waals surface area contributed by atoms with E-state index in [0.29, 0.717) is 23.8 Å². The molecular weight excluding hydrogens is 422 g/mol. The van der Waals surface area contributed by atoms with Gasteiger partial charge in [0, 0.05) is 21.8 Å². The molecule has 0 aliphatic heterocycles. The molecule has 0 atom stereocenters. The maximum atomic E-state index is 8.87. The second-order valence-electron chi connectivity index (χ2n) is 5.96. The zero-order chi connectivity index (χ0) is 20.1. The molecule has 0 saturated carbocycles. The minimum Gasteiger partial charge on any atom is -0.493 e. The molecule has 0 spiro atoms. The highest BCUT2D eigenvalue weighted by molar-refractivity contribution is 9.10. The van der Waals surface area contributed by atoms with Gasteiger partial charge in [-0.1, -0.05) is 33.2 Å². The highest BCUT2D eigenvalue weighted by atomic mass is 79.9. The van der Waals surface area contributed by atoms with Gasteiger partial charge in [0.1, 0.15) is 11.6 Å². The van der Waals surface area contributed by atoms with Crippen molar-refractivity contribution in [2.24, 2.45) is 5.16 Å². The van der Waals surface area contributed by atoms with Gasteiger partial charge >= 0.3 is 0 Å². The normalized spacial score (nSPS) is 11.3. The average molecular weight is 442 g/mol. The van der Waals surface area contributed by atoms with Crippen molar-refractivity contribution in [3.8, 4) is 17.0 Å². The number of anilines is 3. The van der Waals surface area contributed by atoms with Crippen LogP contribution in [0.1, 0.15) is 19.4 Å². The summed E-state index contributed by atoms with van der Waals surface area (Å²) in [4.78, 5) is 8.63. The van der Waals surface area contributed by atoms with Gasteiger partial charge in [0.05, 0.1) is 18.0 Å². The first-order valence-electron chi connectivity index (χ1n) is 8.63. The van der Waals surface area contributed by atoms with Gasteiger partial charge in [-0.15, -0.1) is 0 Å². The number of benzene rings is 2. The van der Waals surface area contributed by atoms with Gasteiger partial charge in [-0.2, -0.15) is 4.98 Å². The van der Waals surface area contributed by atoms with Crippen molar-refractivity contribution in [3.05, 3.63) is 58.6 Å². The zero-order valence-electron chi connectivity index (χ0n) is 15.5. The second-order valence-corrected chi connectivity index (χ2v) is 6.87. The lowest BCUT2D eigenvalue weighted by Crippen LogP contribution is -2.03. The summed E-state index contributed by atoms with van der Waals surface area (Å²) in [5, 5.41) is 15.3. The van der Waals surface area contributed by atoms with E-state index in [1.54, 1.807) is 6.92 Å². The van der Waals surface area contributed by atoms with Crippen LogP contribution in [-0.2, 0) is 0 Å². The molecule has 3 aromatic rings. The third-order valence-electron chi connectivity index (χ3n) is 3.99. The summed E-state index contributed by atoms with van der Waals surface area (Å²) in [6.07, 6.45) is 0. The lowest BCUT2D eigenvalue weighted by Gasteiger charge is -2.13. The van der Waals surface area contributed by atoms with Gasteiger partial charge in [0.2, 0.25) is 5.95 Å². The molecule has 0 bridgehead atoms. The molecule has 2 aromatic carbocycles. The largest absolute Gasteiger partial charge is 0.493 e. The number of nitrogen functional groups attached to an aromatic ring is 1. The summed E-state index contributed by atoms with van der Waals surface area (Å²) in [7, 11) is 0. The fraction of sp³-hybridized carbons (Fsp3) is 0.150. The van der Waals surface area contributed by atoms with E-state index in [1.807, 2.05) is 55.5 Å². The Hall–Kier alpha value is -3.13. The molecule has 7 nitrogen and oxygen atoms in total. The number of aromatic nitrogens is 2. The molecule has 28 heavy (non-hydrogen) atoms. The molecule has 0 amide bonds. The Bertz CT molecular complexity index is 1010. The van der Waals surface area contributed by atoms with E-state index in [0.717, 1.165) is 27.0 Å². The number of oxime groups is 1. The Balaban J connectivity index is 1.93. The molecule has 8 heteroatoms. The summed E-state index contributed by atoms with van der Waals surface area (Å²) < 4.78 is 6.63. The molecule has 144 valence electrons. The quantitative estimate of drug-likeness (QED) is 0.287. The highest BCUT2D eigenvalue weighted by Crippen LogP contribution is 2.33. The average Bonchev–Trinajstić information content (AvgIpc) is 2.69. The van der Waals surface area contributed by atoms with E-state index in [2.05, 4.69) is 36.4 Å². The van der Waals surface area contributed by atoms with E-state index < -0.39 is 0 Å². The van der Waals surface area contributed by atoms with Crippen molar-refractivity contribution in [2.45, 2.75) is 13.8 Å². The molecule has 4 N–H and O–H groups in total. The monoisotopic (exact) mass is 441 g/mol. The summed E-state index contributed by atoms with van der Waals surface area (Å²) >= 11 is 3.49. The summed E-state index contributed by atoms with van der Waals surface area (Å²) in [6.45, 7) is 4.21. The van der Waals surface area contributed by atoms with Gasteiger partial charge in [-0.05, 0) is 49.7 Å². The number of ether oxygens (including phenoxy) is 1. The third-order valence-corrected chi connectivity index (χ3v) is 4.48. The predicted octanol–water partition coefficient (Wildman–Crippen LogP) is 4.83. The van der Waals surface area contributed by atoms with Gasteiger partial charge in [-0.3, -0.25) is 0 Å². The fourth-order valence-corrected chi connectivity index (χ4v) is 3.01. The summed E-state index contributed by atoms with van der Waals surface area (Å²) in [5.74, 6) is 1.44. The van der Waals surface area contributed by atoms with Gasteiger partial charge in [-0.25, -0.2) is 4.98 Å². The first-order chi connectivity index (χ1) is 13.5. The minimum absolute atomic E-state index is 0.155. The van der Waals surface area contributed by atoms with E-state index in [4.69, 9.17) is 15.7 Å². The molecule has 3 rings (SSSR count). The topological polar surface area (TPSA) is 106 Å². The first kappa shape index (κ1) is 19.6. The fourth-order valence-electron chi connectivity index (χ4n) is 2.65. The number of hydrogen-bond donors (Lipinski definition) is 3. The van der Waals surface area contributed by atoms with Crippen LogP contribution in [0.4, 0.5) is 17.5 Å². The Labute approximate surface area is 171 Å².